The molecule has 0 fully saturated rings. The van der Waals surface area contributed by atoms with Crippen LogP contribution in [0.2, 0.25) is 0 Å². The Morgan fingerprint density at radius 2 is 1.50 bits per heavy atom. The summed E-state index contributed by atoms with van der Waals surface area (Å²) in [4.78, 5) is 0. The Kier molecular flexibility index (Phi) is 5.34. The van der Waals surface area contributed by atoms with Crippen molar-refractivity contribution < 1.29 is 0 Å². The summed E-state index contributed by atoms with van der Waals surface area (Å²) in [5.74, 6) is 1.20. The van der Waals surface area contributed by atoms with Crippen LogP contribution in [-0.2, 0) is 12.8 Å². The first-order valence-corrected chi connectivity index (χ1v) is 6.70. The molecule has 0 radical (unpaired) electrons. The van der Waals surface area contributed by atoms with Crippen molar-refractivity contribution in [2.75, 3.05) is 0 Å². The lowest BCUT2D eigenvalue weighted by Gasteiger charge is -2.23. The Bertz CT molecular complexity index is 290. The van der Waals surface area contributed by atoms with Crippen LogP contribution in [0.4, 0.5) is 0 Å². The summed E-state index contributed by atoms with van der Waals surface area (Å²) in [5, 5.41) is 0.242. The molecule has 0 aliphatic carbocycles. The molecular formula is C15H23Cl. The number of aryl methyl sites for hydroxylation is 1. The molecule has 0 nitrogen and oxygen atoms in total. The fourth-order valence-corrected chi connectivity index (χ4v) is 2.49. The molecule has 1 heteroatoms. The van der Waals surface area contributed by atoms with Gasteiger partial charge in [0, 0.05) is 5.38 Å². The van der Waals surface area contributed by atoms with E-state index in [4.69, 9.17) is 11.6 Å². The third-order valence-electron chi connectivity index (χ3n) is 3.35. The van der Waals surface area contributed by atoms with E-state index in [1.807, 2.05) is 0 Å². The molecule has 0 saturated heterocycles. The zero-order valence-electron chi connectivity index (χ0n) is 10.8. The minimum Gasteiger partial charge on any atom is -0.123 e. The van der Waals surface area contributed by atoms with E-state index in [2.05, 4.69) is 52.0 Å². The molecule has 0 heterocycles. The van der Waals surface area contributed by atoms with Crippen LogP contribution in [-0.4, -0.2) is 5.38 Å². The van der Waals surface area contributed by atoms with Gasteiger partial charge in [-0.3, -0.25) is 0 Å². The number of alkyl halides is 1. The first-order valence-electron chi connectivity index (χ1n) is 6.26. The largest absolute Gasteiger partial charge is 0.123 e. The summed E-state index contributed by atoms with van der Waals surface area (Å²) in [5.41, 5.74) is 2.81. The van der Waals surface area contributed by atoms with Crippen molar-refractivity contribution >= 4 is 11.6 Å². The quantitative estimate of drug-likeness (QED) is 0.653. The summed E-state index contributed by atoms with van der Waals surface area (Å²) in [7, 11) is 0. The maximum Gasteiger partial charge on any atom is 0.0341 e. The van der Waals surface area contributed by atoms with Gasteiger partial charge in [-0.1, -0.05) is 45.0 Å². The zero-order valence-corrected chi connectivity index (χ0v) is 11.6. The molecule has 0 amide bonds. The van der Waals surface area contributed by atoms with E-state index in [-0.39, 0.29) is 5.38 Å². The monoisotopic (exact) mass is 238 g/mol. The van der Waals surface area contributed by atoms with E-state index in [0.29, 0.717) is 11.8 Å². The first-order chi connectivity index (χ1) is 7.54. The Morgan fingerprint density at radius 3 is 1.88 bits per heavy atom. The van der Waals surface area contributed by atoms with Crippen LogP contribution in [0.15, 0.2) is 24.3 Å². The molecule has 0 spiro atoms. The van der Waals surface area contributed by atoms with Gasteiger partial charge in [0.15, 0.2) is 0 Å². The molecule has 0 aliphatic heterocycles. The smallest absolute Gasteiger partial charge is 0.0341 e. The molecule has 16 heavy (non-hydrogen) atoms. The van der Waals surface area contributed by atoms with Crippen molar-refractivity contribution in [2.24, 2.45) is 11.8 Å². The maximum absolute atomic E-state index is 6.25. The SMILES string of the molecule is CCc1ccc(CC(C(C)C)C(C)Cl)cc1. The Morgan fingerprint density at radius 1 is 1.00 bits per heavy atom. The van der Waals surface area contributed by atoms with Crippen LogP contribution in [0.3, 0.4) is 0 Å². The van der Waals surface area contributed by atoms with E-state index in [1.54, 1.807) is 0 Å². The highest BCUT2D eigenvalue weighted by Crippen LogP contribution is 2.24. The summed E-state index contributed by atoms with van der Waals surface area (Å²) >= 11 is 6.25. The molecule has 0 aliphatic rings. The third-order valence-corrected chi connectivity index (χ3v) is 3.67. The molecule has 0 bridgehead atoms. The Balaban J connectivity index is 2.70. The summed E-state index contributed by atoms with van der Waals surface area (Å²) in [6, 6.07) is 8.94. The van der Waals surface area contributed by atoms with Crippen molar-refractivity contribution in [2.45, 2.75) is 45.9 Å². The minimum absolute atomic E-state index is 0.242. The maximum atomic E-state index is 6.25. The second-order valence-corrected chi connectivity index (χ2v) is 5.65. The third kappa shape index (κ3) is 3.83. The van der Waals surface area contributed by atoms with Crippen molar-refractivity contribution in [3.63, 3.8) is 0 Å². The lowest BCUT2D eigenvalue weighted by molar-refractivity contribution is 0.376. The topological polar surface area (TPSA) is 0 Å². The molecule has 2 atom stereocenters. The van der Waals surface area contributed by atoms with Crippen molar-refractivity contribution in [3.8, 4) is 0 Å². The second-order valence-electron chi connectivity index (χ2n) is 4.96. The molecule has 1 aromatic rings. The Labute approximate surface area is 105 Å². The molecule has 0 N–H and O–H groups in total. The van der Waals surface area contributed by atoms with Gasteiger partial charge >= 0.3 is 0 Å². The van der Waals surface area contributed by atoms with Gasteiger partial charge in [0.05, 0.1) is 0 Å². The molecule has 1 rings (SSSR count). The van der Waals surface area contributed by atoms with Gasteiger partial charge in [0.1, 0.15) is 0 Å². The van der Waals surface area contributed by atoms with Crippen LogP contribution in [0.1, 0.15) is 38.8 Å². The van der Waals surface area contributed by atoms with Gasteiger partial charge < -0.3 is 0 Å². The fraction of sp³-hybridized carbons (Fsp3) is 0.600. The number of benzene rings is 1. The number of rotatable bonds is 5. The molecule has 2 unspecified atom stereocenters. The van der Waals surface area contributed by atoms with Gasteiger partial charge in [-0.05, 0) is 42.7 Å². The van der Waals surface area contributed by atoms with Gasteiger partial charge in [-0.15, -0.1) is 11.6 Å². The van der Waals surface area contributed by atoms with E-state index in [1.165, 1.54) is 11.1 Å². The lowest BCUT2D eigenvalue weighted by atomic mass is 9.86. The normalized spacial score (nSPS) is 15.1. The van der Waals surface area contributed by atoms with E-state index >= 15 is 0 Å². The average Bonchev–Trinajstić information content (AvgIpc) is 2.25. The molecular weight excluding hydrogens is 216 g/mol. The average molecular weight is 239 g/mol. The summed E-state index contributed by atoms with van der Waals surface area (Å²) < 4.78 is 0. The van der Waals surface area contributed by atoms with Crippen LogP contribution in [0.5, 0.6) is 0 Å². The molecule has 90 valence electrons. The lowest BCUT2D eigenvalue weighted by Crippen LogP contribution is -2.20. The second kappa shape index (κ2) is 6.30. The predicted molar refractivity (Wildman–Crippen MR) is 73.2 cm³/mol. The standard InChI is InChI=1S/C15H23Cl/c1-5-13-6-8-14(9-7-13)10-15(11(2)3)12(4)16/h6-9,11-12,15H,5,10H2,1-4H3. The molecule has 0 saturated carbocycles. The van der Waals surface area contributed by atoms with E-state index < -0.39 is 0 Å². The van der Waals surface area contributed by atoms with Crippen LogP contribution in [0.25, 0.3) is 0 Å². The van der Waals surface area contributed by atoms with E-state index in [0.717, 1.165) is 12.8 Å². The van der Waals surface area contributed by atoms with Crippen molar-refractivity contribution in [1.29, 1.82) is 0 Å². The molecule has 0 aromatic heterocycles. The van der Waals surface area contributed by atoms with Gasteiger partial charge in [-0.25, -0.2) is 0 Å². The molecule has 1 aromatic carbocycles. The summed E-state index contributed by atoms with van der Waals surface area (Å²) in [6.07, 6.45) is 2.20. The fourth-order valence-electron chi connectivity index (χ4n) is 2.11. The number of hydrogen-bond donors (Lipinski definition) is 0. The van der Waals surface area contributed by atoms with Crippen molar-refractivity contribution in [1.82, 2.24) is 0 Å². The van der Waals surface area contributed by atoms with E-state index in [9.17, 15) is 0 Å². The predicted octanol–water partition coefficient (Wildman–Crippen LogP) is 4.69. The van der Waals surface area contributed by atoms with Gasteiger partial charge in [0.25, 0.3) is 0 Å². The van der Waals surface area contributed by atoms with Crippen LogP contribution in [0, 0.1) is 11.8 Å². The highest BCUT2D eigenvalue weighted by Gasteiger charge is 2.19. The van der Waals surface area contributed by atoms with Gasteiger partial charge in [0.2, 0.25) is 0 Å². The summed E-state index contributed by atoms with van der Waals surface area (Å²) in [6.45, 7) is 8.80. The number of halogens is 1. The van der Waals surface area contributed by atoms with Crippen LogP contribution >= 0.6 is 11.6 Å². The zero-order chi connectivity index (χ0) is 12.1. The van der Waals surface area contributed by atoms with Gasteiger partial charge in [-0.2, -0.15) is 0 Å². The first kappa shape index (κ1) is 13.6. The number of hydrogen-bond acceptors (Lipinski definition) is 0. The van der Waals surface area contributed by atoms with Crippen LogP contribution < -0.4 is 0 Å². The van der Waals surface area contributed by atoms with Crippen molar-refractivity contribution in [3.05, 3.63) is 35.4 Å². The minimum atomic E-state index is 0.242. The Hall–Kier alpha value is -0.490. The highest BCUT2D eigenvalue weighted by atomic mass is 35.5. The highest BCUT2D eigenvalue weighted by molar-refractivity contribution is 6.20.